The topological polar surface area (TPSA) is 0 Å². The van der Waals surface area contributed by atoms with E-state index < -0.39 is 0 Å². The smallest absolute Gasteiger partial charge is 0.123 e. The molecule has 2 heteroatoms. The highest BCUT2D eigenvalue weighted by Crippen LogP contribution is 2.65. The van der Waals surface area contributed by atoms with Gasteiger partial charge in [0.25, 0.3) is 0 Å². The molecule has 0 heterocycles. The lowest BCUT2D eigenvalue weighted by Gasteiger charge is -2.48. The van der Waals surface area contributed by atoms with Gasteiger partial charge < -0.3 is 0 Å². The molecule has 0 saturated heterocycles. The van der Waals surface area contributed by atoms with Crippen LogP contribution in [0.5, 0.6) is 0 Å². The minimum Gasteiger partial charge on any atom is -0.207 e. The van der Waals surface area contributed by atoms with E-state index in [0.717, 1.165) is 17.4 Å². The molecule has 3 aliphatic rings. The summed E-state index contributed by atoms with van der Waals surface area (Å²) in [6.45, 7) is 2.31. The van der Waals surface area contributed by atoms with Crippen LogP contribution < -0.4 is 0 Å². The van der Waals surface area contributed by atoms with Gasteiger partial charge in [0.05, 0.1) is 0 Å². The second-order valence-electron chi connectivity index (χ2n) is 7.97. The lowest BCUT2D eigenvalue weighted by Crippen LogP contribution is -2.44. The molecule has 0 aliphatic heterocycles. The van der Waals surface area contributed by atoms with Crippen molar-refractivity contribution in [2.75, 3.05) is 0 Å². The minimum atomic E-state index is -0.109. The van der Waals surface area contributed by atoms with Crippen LogP contribution in [0, 0.1) is 23.6 Å². The van der Waals surface area contributed by atoms with Gasteiger partial charge in [-0.05, 0) is 83.5 Å². The van der Waals surface area contributed by atoms with Crippen molar-refractivity contribution in [2.24, 2.45) is 17.8 Å². The van der Waals surface area contributed by atoms with Crippen molar-refractivity contribution in [2.45, 2.75) is 44.4 Å². The predicted octanol–water partition coefficient (Wildman–Crippen LogP) is 6.59. The van der Waals surface area contributed by atoms with Gasteiger partial charge in [-0.1, -0.05) is 43.5 Å². The number of benzene rings is 2. The second-order valence-corrected chi connectivity index (χ2v) is 8.40. The van der Waals surface area contributed by atoms with E-state index in [0.29, 0.717) is 11.8 Å². The lowest BCUT2D eigenvalue weighted by molar-refractivity contribution is 0.144. The van der Waals surface area contributed by atoms with Crippen LogP contribution in [0.1, 0.15) is 50.2 Å². The minimum absolute atomic E-state index is 0.000887. The van der Waals surface area contributed by atoms with Crippen LogP contribution in [0.15, 0.2) is 36.4 Å². The fraction of sp³-hybridized carbons (Fsp3) is 0.455. The summed E-state index contributed by atoms with van der Waals surface area (Å²) in [6.07, 6.45) is 6.36. The fourth-order valence-electron chi connectivity index (χ4n) is 6.33. The fourth-order valence-corrected chi connectivity index (χ4v) is 6.50. The maximum Gasteiger partial charge on any atom is 0.123 e. The molecule has 2 aromatic rings. The molecule has 3 aliphatic carbocycles. The summed E-state index contributed by atoms with van der Waals surface area (Å²) < 4.78 is 14.2. The summed E-state index contributed by atoms with van der Waals surface area (Å²) in [7, 11) is 0. The van der Waals surface area contributed by atoms with Gasteiger partial charge in [0, 0.05) is 10.4 Å². The third-order valence-corrected chi connectivity index (χ3v) is 7.32. The third kappa shape index (κ3) is 1.74. The highest BCUT2D eigenvalue weighted by atomic mass is 35.5. The highest BCUT2D eigenvalue weighted by Gasteiger charge is 2.57. The predicted molar refractivity (Wildman–Crippen MR) is 96.9 cm³/mol. The first-order valence-corrected chi connectivity index (χ1v) is 9.62. The quantitative estimate of drug-likeness (QED) is 0.549. The molecule has 0 N–H and O–H groups in total. The van der Waals surface area contributed by atoms with E-state index in [4.69, 9.17) is 11.6 Å². The molecule has 0 aromatic heterocycles. The van der Waals surface area contributed by atoms with Crippen molar-refractivity contribution >= 4 is 11.6 Å². The number of rotatable bonds is 1. The first kappa shape index (κ1) is 15.0. The monoisotopic (exact) mass is 340 g/mol. The van der Waals surface area contributed by atoms with Crippen LogP contribution in [0.2, 0.25) is 5.02 Å². The van der Waals surface area contributed by atoms with Crippen molar-refractivity contribution in [1.82, 2.24) is 0 Å². The Labute approximate surface area is 148 Å². The molecule has 0 amide bonds. The molecular formula is C22H22ClF. The number of fused-ring (bicyclic) bond motifs is 8. The largest absolute Gasteiger partial charge is 0.207 e. The average Bonchev–Trinajstić information content (AvgIpc) is 3.09. The summed E-state index contributed by atoms with van der Waals surface area (Å²) in [4.78, 5) is 0. The normalized spacial score (nSPS) is 32.9. The van der Waals surface area contributed by atoms with Gasteiger partial charge in [-0.2, -0.15) is 0 Å². The van der Waals surface area contributed by atoms with Gasteiger partial charge in [0.2, 0.25) is 0 Å². The Kier molecular flexibility index (Phi) is 3.17. The Morgan fingerprint density at radius 1 is 1.04 bits per heavy atom. The number of hydrogen-bond acceptors (Lipinski definition) is 0. The maximum atomic E-state index is 14.2. The van der Waals surface area contributed by atoms with E-state index in [1.807, 2.05) is 18.2 Å². The molecule has 5 rings (SSSR count). The third-order valence-electron chi connectivity index (χ3n) is 7.08. The molecular weight excluding hydrogens is 319 g/mol. The van der Waals surface area contributed by atoms with Crippen molar-refractivity contribution in [3.8, 4) is 11.1 Å². The standard InChI is InChI=1S/C22H22ClF/c1-2-14-9-13-3-4-15(10-13)22(14)20-8-5-16(23)11-19(20)18-7-6-17(24)12-21(18)22/h5-8,11-15H,2-4,9-10H2,1H3/t13-,14+,15?,22?/m1/s1. The SMILES string of the molecule is CC[C@H]1C[C@H]2CCC(C2)C12c1ccc(Cl)cc1-c1ccc(F)cc12. The summed E-state index contributed by atoms with van der Waals surface area (Å²) in [5.74, 6) is 2.01. The Hall–Kier alpha value is -1.34. The zero-order chi connectivity index (χ0) is 16.5. The molecule has 2 saturated carbocycles. The highest BCUT2D eigenvalue weighted by molar-refractivity contribution is 6.31. The first-order valence-electron chi connectivity index (χ1n) is 9.25. The van der Waals surface area contributed by atoms with Gasteiger partial charge >= 0.3 is 0 Å². The van der Waals surface area contributed by atoms with E-state index in [-0.39, 0.29) is 11.2 Å². The van der Waals surface area contributed by atoms with Gasteiger partial charge in [0.1, 0.15) is 5.82 Å². The molecule has 0 nitrogen and oxygen atoms in total. The Balaban J connectivity index is 1.86. The zero-order valence-electron chi connectivity index (χ0n) is 14.0. The van der Waals surface area contributed by atoms with E-state index in [9.17, 15) is 4.39 Å². The van der Waals surface area contributed by atoms with Gasteiger partial charge in [-0.3, -0.25) is 0 Å². The van der Waals surface area contributed by atoms with Crippen molar-refractivity contribution in [1.29, 1.82) is 0 Å². The Bertz CT molecular complexity index is 827. The van der Waals surface area contributed by atoms with E-state index in [1.54, 1.807) is 6.07 Å². The molecule has 2 unspecified atom stereocenters. The number of halogens is 2. The molecule has 0 radical (unpaired) electrons. The number of hydrogen-bond donors (Lipinski definition) is 0. The van der Waals surface area contributed by atoms with Crippen LogP contribution in [0.3, 0.4) is 0 Å². The van der Waals surface area contributed by atoms with Gasteiger partial charge in [-0.25, -0.2) is 4.39 Å². The van der Waals surface area contributed by atoms with Crippen LogP contribution in [-0.2, 0) is 5.41 Å². The van der Waals surface area contributed by atoms with E-state index in [1.165, 1.54) is 47.9 Å². The van der Waals surface area contributed by atoms with Crippen molar-refractivity contribution in [3.63, 3.8) is 0 Å². The second kappa shape index (κ2) is 5.08. The molecule has 2 bridgehead atoms. The summed E-state index contributed by atoms with van der Waals surface area (Å²) in [6, 6.07) is 11.8. The van der Waals surface area contributed by atoms with Crippen molar-refractivity contribution < 1.29 is 4.39 Å². The van der Waals surface area contributed by atoms with E-state index >= 15 is 0 Å². The molecule has 2 aromatic carbocycles. The van der Waals surface area contributed by atoms with Crippen LogP contribution in [0.25, 0.3) is 11.1 Å². The Morgan fingerprint density at radius 3 is 2.75 bits per heavy atom. The zero-order valence-corrected chi connectivity index (χ0v) is 14.7. The van der Waals surface area contributed by atoms with Crippen LogP contribution in [-0.4, -0.2) is 0 Å². The Morgan fingerprint density at radius 2 is 1.92 bits per heavy atom. The van der Waals surface area contributed by atoms with Gasteiger partial charge in [0.15, 0.2) is 0 Å². The summed E-state index contributed by atoms with van der Waals surface area (Å²) in [5.41, 5.74) is 5.08. The van der Waals surface area contributed by atoms with Crippen LogP contribution in [0.4, 0.5) is 4.39 Å². The maximum absolute atomic E-state index is 14.2. The average molecular weight is 341 g/mol. The first-order chi connectivity index (χ1) is 11.6. The van der Waals surface area contributed by atoms with Crippen LogP contribution >= 0.6 is 11.6 Å². The molecule has 124 valence electrons. The molecule has 24 heavy (non-hydrogen) atoms. The van der Waals surface area contributed by atoms with E-state index in [2.05, 4.69) is 19.1 Å². The van der Waals surface area contributed by atoms with Crippen molar-refractivity contribution in [3.05, 3.63) is 58.4 Å². The molecule has 1 spiro atoms. The molecule has 2 fully saturated rings. The summed E-state index contributed by atoms with van der Waals surface area (Å²) in [5, 5.41) is 0.772. The molecule has 4 atom stereocenters. The lowest BCUT2D eigenvalue weighted by atomic mass is 9.55. The summed E-state index contributed by atoms with van der Waals surface area (Å²) >= 11 is 6.32. The van der Waals surface area contributed by atoms with Gasteiger partial charge in [-0.15, -0.1) is 0 Å².